The normalized spacial score (nSPS) is 24.5. The van der Waals surface area contributed by atoms with E-state index in [1.165, 1.54) is 0 Å². The average molecular weight is 493 g/mol. The molecule has 4 atom stereocenters. The molecule has 0 bridgehead atoms. The van der Waals surface area contributed by atoms with E-state index in [0.717, 1.165) is 12.0 Å². The van der Waals surface area contributed by atoms with Gasteiger partial charge in [0.05, 0.1) is 17.9 Å². The van der Waals surface area contributed by atoms with Crippen molar-refractivity contribution in [3.63, 3.8) is 0 Å². The minimum atomic E-state index is -0.729. The standard InChI is InChI=1S/C26H32N6O4/c1-26(2,3)36-25(35)32-20-11-17(20)12-22(32)24(34)31-15-19-18(28-9-10-29-19)13-21(31)23(33)30-8-6-16-5-4-7-27-14-16/h4-5,7,9-10,14,17,20-22H,6,8,11-13,15H2,1-3H3,(H,30,33)/t17-,20-,21+,22+/m0/s1. The number of amides is 3. The number of rotatable bonds is 5. The van der Waals surface area contributed by atoms with Crippen molar-refractivity contribution >= 4 is 17.9 Å². The van der Waals surface area contributed by atoms with Crippen LogP contribution in [0.25, 0.3) is 0 Å². The molecule has 1 aliphatic carbocycles. The molecule has 5 rings (SSSR count). The van der Waals surface area contributed by atoms with Gasteiger partial charge in [-0.3, -0.25) is 29.4 Å². The smallest absolute Gasteiger partial charge is 0.411 e. The van der Waals surface area contributed by atoms with E-state index in [-0.39, 0.29) is 30.8 Å². The lowest BCUT2D eigenvalue weighted by Crippen LogP contribution is -2.58. The maximum atomic E-state index is 13.9. The largest absolute Gasteiger partial charge is 0.444 e. The molecular weight excluding hydrogens is 460 g/mol. The third-order valence-corrected chi connectivity index (χ3v) is 6.96. The number of nitrogens with one attached hydrogen (secondary N) is 1. The Morgan fingerprint density at radius 3 is 2.58 bits per heavy atom. The number of hydrogen-bond acceptors (Lipinski definition) is 7. The Morgan fingerprint density at radius 2 is 1.86 bits per heavy atom. The molecular formula is C26H32N6O4. The topological polar surface area (TPSA) is 118 Å². The van der Waals surface area contributed by atoms with Crippen molar-refractivity contribution in [1.82, 2.24) is 30.1 Å². The molecule has 2 aromatic rings. The van der Waals surface area contributed by atoms with E-state index < -0.39 is 23.8 Å². The third kappa shape index (κ3) is 5.03. The van der Waals surface area contributed by atoms with E-state index in [2.05, 4.69) is 20.3 Å². The van der Waals surface area contributed by atoms with Gasteiger partial charge in [0.1, 0.15) is 17.7 Å². The second kappa shape index (κ2) is 9.48. The summed E-state index contributed by atoms with van der Waals surface area (Å²) >= 11 is 0. The number of aromatic nitrogens is 3. The molecule has 3 aliphatic rings. The lowest BCUT2D eigenvalue weighted by molar-refractivity contribution is -0.145. The molecule has 190 valence electrons. The highest BCUT2D eigenvalue weighted by Gasteiger charge is 2.58. The predicted molar refractivity (Wildman–Crippen MR) is 129 cm³/mol. The number of piperidine rings is 1. The maximum Gasteiger partial charge on any atom is 0.411 e. The van der Waals surface area contributed by atoms with Gasteiger partial charge in [0.2, 0.25) is 11.8 Å². The van der Waals surface area contributed by atoms with Crippen LogP contribution in [0.1, 0.15) is 50.6 Å². The average Bonchev–Trinajstić information content (AvgIpc) is 3.51. The molecule has 1 N–H and O–H groups in total. The van der Waals surface area contributed by atoms with Crippen molar-refractivity contribution in [3.05, 3.63) is 53.9 Å². The Balaban J connectivity index is 1.33. The van der Waals surface area contributed by atoms with Gasteiger partial charge in [0.25, 0.3) is 0 Å². The SMILES string of the molecule is CC(C)(C)OC(=O)N1[C@@H](C(=O)N2Cc3nccnc3C[C@@H]2C(=O)NCCc2cccnc2)C[C@@H]2C[C@@H]21. The number of carbonyl (C=O) groups excluding carboxylic acids is 3. The zero-order valence-corrected chi connectivity index (χ0v) is 20.9. The lowest BCUT2D eigenvalue weighted by atomic mass is 9.99. The van der Waals surface area contributed by atoms with Gasteiger partial charge in [-0.15, -0.1) is 0 Å². The zero-order valence-electron chi connectivity index (χ0n) is 20.9. The summed E-state index contributed by atoms with van der Waals surface area (Å²) in [5.74, 6) is -0.178. The quantitative estimate of drug-likeness (QED) is 0.677. The third-order valence-electron chi connectivity index (χ3n) is 6.96. The van der Waals surface area contributed by atoms with Crippen LogP contribution in [-0.2, 0) is 33.7 Å². The Morgan fingerprint density at radius 1 is 1.08 bits per heavy atom. The molecule has 2 aromatic heterocycles. The van der Waals surface area contributed by atoms with Crippen LogP contribution >= 0.6 is 0 Å². The van der Waals surface area contributed by atoms with Gasteiger partial charge in [-0.2, -0.15) is 0 Å². The van der Waals surface area contributed by atoms with Crippen molar-refractivity contribution in [3.8, 4) is 0 Å². The van der Waals surface area contributed by atoms with Gasteiger partial charge >= 0.3 is 6.09 Å². The number of ether oxygens (including phenoxy) is 1. The van der Waals surface area contributed by atoms with Crippen molar-refractivity contribution < 1.29 is 19.1 Å². The Kier molecular flexibility index (Phi) is 6.36. The molecule has 1 saturated carbocycles. The maximum absolute atomic E-state index is 13.9. The minimum Gasteiger partial charge on any atom is -0.444 e. The first kappa shape index (κ1) is 24.1. The number of fused-ring (bicyclic) bond motifs is 2. The summed E-state index contributed by atoms with van der Waals surface area (Å²) in [5.41, 5.74) is 1.75. The second-order valence-corrected chi connectivity index (χ2v) is 10.7. The summed E-state index contributed by atoms with van der Waals surface area (Å²) in [7, 11) is 0. The number of likely N-dealkylation sites (tertiary alicyclic amines) is 1. The highest BCUT2D eigenvalue weighted by molar-refractivity contribution is 5.92. The fraction of sp³-hybridized carbons (Fsp3) is 0.538. The molecule has 10 nitrogen and oxygen atoms in total. The molecule has 0 unspecified atom stereocenters. The van der Waals surface area contributed by atoms with Gasteiger partial charge < -0.3 is 15.0 Å². The van der Waals surface area contributed by atoms with Crippen LogP contribution in [0.5, 0.6) is 0 Å². The molecule has 0 aromatic carbocycles. The summed E-state index contributed by atoms with van der Waals surface area (Å²) in [6.07, 6.45) is 8.58. The molecule has 1 saturated heterocycles. The van der Waals surface area contributed by atoms with Gasteiger partial charge in [0.15, 0.2) is 0 Å². The van der Waals surface area contributed by atoms with E-state index in [1.807, 2.05) is 32.9 Å². The van der Waals surface area contributed by atoms with Crippen LogP contribution in [0.2, 0.25) is 0 Å². The van der Waals surface area contributed by atoms with E-state index in [9.17, 15) is 14.4 Å². The number of carbonyl (C=O) groups is 3. The van der Waals surface area contributed by atoms with E-state index in [0.29, 0.717) is 36.7 Å². The summed E-state index contributed by atoms with van der Waals surface area (Å²) in [6.45, 7) is 6.04. The fourth-order valence-corrected chi connectivity index (χ4v) is 5.17. The van der Waals surface area contributed by atoms with Crippen molar-refractivity contribution in [2.24, 2.45) is 5.92 Å². The highest BCUT2D eigenvalue weighted by atomic mass is 16.6. The first-order chi connectivity index (χ1) is 17.2. The van der Waals surface area contributed by atoms with Crippen molar-refractivity contribution in [2.75, 3.05) is 6.54 Å². The van der Waals surface area contributed by atoms with Crippen LogP contribution in [0, 0.1) is 5.92 Å². The van der Waals surface area contributed by atoms with Crippen LogP contribution in [0.4, 0.5) is 4.79 Å². The molecule has 0 spiro atoms. The van der Waals surface area contributed by atoms with Gasteiger partial charge in [-0.25, -0.2) is 4.79 Å². The van der Waals surface area contributed by atoms with E-state index in [4.69, 9.17) is 4.74 Å². The highest BCUT2D eigenvalue weighted by Crippen LogP contribution is 2.49. The first-order valence-corrected chi connectivity index (χ1v) is 12.5. The Labute approximate surface area is 210 Å². The number of nitrogens with zero attached hydrogens (tertiary/aromatic N) is 5. The summed E-state index contributed by atoms with van der Waals surface area (Å²) in [6, 6.07) is 2.47. The number of hydrogen-bond donors (Lipinski definition) is 1. The van der Waals surface area contributed by atoms with Crippen LogP contribution < -0.4 is 5.32 Å². The second-order valence-electron chi connectivity index (χ2n) is 10.7. The Bertz CT molecular complexity index is 1150. The Hall–Kier alpha value is -3.56. The molecule has 2 fully saturated rings. The van der Waals surface area contributed by atoms with Gasteiger partial charge in [-0.05, 0) is 57.6 Å². The molecule has 4 heterocycles. The van der Waals surface area contributed by atoms with Crippen LogP contribution in [0.3, 0.4) is 0 Å². The van der Waals surface area contributed by atoms with E-state index >= 15 is 0 Å². The monoisotopic (exact) mass is 492 g/mol. The van der Waals surface area contributed by atoms with Crippen molar-refractivity contribution in [1.29, 1.82) is 0 Å². The zero-order chi connectivity index (χ0) is 25.4. The molecule has 0 radical (unpaired) electrons. The van der Waals surface area contributed by atoms with Gasteiger partial charge in [-0.1, -0.05) is 6.07 Å². The van der Waals surface area contributed by atoms with Gasteiger partial charge in [0, 0.05) is 43.8 Å². The van der Waals surface area contributed by atoms with Crippen molar-refractivity contribution in [2.45, 2.75) is 76.7 Å². The first-order valence-electron chi connectivity index (χ1n) is 12.5. The summed E-state index contributed by atoms with van der Waals surface area (Å²) in [5, 5.41) is 2.98. The van der Waals surface area contributed by atoms with E-state index in [1.54, 1.807) is 34.6 Å². The number of pyridine rings is 1. The summed E-state index contributed by atoms with van der Waals surface area (Å²) < 4.78 is 5.62. The molecule has 10 heteroatoms. The molecule has 3 amide bonds. The molecule has 36 heavy (non-hydrogen) atoms. The van der Waals surface area contributed by atoms with Crippen LogP contribution in [0.15, 0.2) is 36.9 Å². The lowest BCUT2D eigenvalue weighted by Gasteiger charge is -2.38. The summed E-state index contributed by atoms with van der Waals surface area (Å²) in [4.78, 5) is 56.3. The minimum absolute atomic E-state index is 0.0254. The van der Waals surface area contributed by atoms with Crippen LogP contribution in [-0.4, -0.2) is 72.9 Å². The predicted octanol–water partition coefficient (Wildman–Crippen LogP) is 1.88. The fourth-order valence-electron chi connectivity index (χ4n) is 5.17. The molecule has 2 aliphatic heterocycles.